The van der Waals surface area contributed by atoms with Crippen molar-refractivity contribution in [3.05, 3.63) is 12.7 Å². The van der Waals surface area contributed by atoms with Crippen LogP contribution in [0.15, 0.2) is 12.7 Å². The van der Waals surface area contributed by atoms with E-state index in [2.05, 4.69) is 43.3 Å². The van der Waals surface area contributed by atoms with Gasteiger partial charge in [0.15, 0.2) is 0 Å². The summed E-state index contributed by atoms with van der Waals surface area (Å²) in [6.45, 7) is 15.1. The van der Waals surface area contributed by atoms with E-state index in [1.54, 1.807) is 15.9 Å². The van der Waals surface area contributed by atoms with Gasteiger partial charge >= 0.3 is 5.97 Å². The molecule has 2 N–H and O–H groups in total. The van der Waals surface area contributed by atoms with Gasteiger partial charge in [0.1, 0.15) is 11.6 Å². The number of rotatable bonds is 12. The van der Waals surface area contributed by atoms with Crippen LogP contribution in [0.1, 0.15) is 73.1 Å². The van der Waals surface area contributed by atoms with Crippen molar-refractivity contribution in [2.75, 3.05) is 19.7 Å². The summed E-state index contributed by atoms with van der Waals surface area (Å²) in [6.07, 6.45) is 5.20. The first-order chi connectivity index (χ1) is 16.7. The topological polar surface area (TPSA) is 107 Å². The minimum atomic E-state index is -1.17. The number of unbranched alkanes of at least 4 members (excludes halogenated alkanes) is 3. The lowest BCUT2D eigenvalue weighted by molar-refractivity contribution is -0.153. The first-order valence-corrected chi connectivity index (χ1v) is 14.0. The molecular formula is C27H43BrN2O6. The van der Waals surface area contributed by atoms with Crippen LogP contribution in [0, 0.1) is 17.3 Å². The zero-order chi connectivity index (χ0) is 27.1. The van der Waals surface area contributed by atoms with Crippen molar-refractivity contribution in [2.45, 2.75) is 101 Å². The Bertz CT molecular complexity index is 871. The van der Waals surface area contributed by atoms with Gasteiger partial charge in [-0.2, -0.15) is 0 Å². The Labute approximate surface area is 223 Å². The second kappa shape index (κ2) is 10.7. The summed E-state index contributed by atoms with van der Waals surface area (Å²) < 4.78 is 6.39. The fourth-order valence-corrected chi connectivity index (χ4v) is 7.93. The summed E-state index contributed by atoms with van der Waals surface area (Å²) in [5.74, 6) is -3.42. The zero-order valence-corrected chi connectivity index (χ0v) is 23.9. The number of halogens is 1. The summed E-state index contributed by atoms with van der Waals surface area (Å²) in [4.78, 5) is 43.7. The number of aliphatic hydroxyl groups excluding tert-OH is 1. The van der Waals surface area contributed by atoms with Crippen molar-refractivity contribution in [1.82, 2.24) is 9.80 Å². The molecule has 0 aliphatic carbocycles. The van der Waals surface area contributed by atoms with Gasteiger partial charge in [-0.3, -0.25) is 14.4 Å². The van der Waals surface area contributed by atoms with Crippen LogP contribution in [0.4, 0.5) is 0 Å². The molecule has 3 aliphatic heterocycles. The summed E-state index contributed by atoms with van der Waals surface area (Å²) in [5.41, 5.74) is -1.73. The van der Waals surface area contributed by atoms with Gasteiger partial charge in [0.2, 0.25) is 11.8 Å². The molecule has 6 atom stereocenters. The number of aliphatic carboxylic acids is 1. The van der Waals surface area contributed by atoms with Crippen molar-refractivity contribution in [1.29, 1.82) is 0 Å². The van der Waals surface area contributed by atoms with Crippen molar-refractivity contribution in [2.24, 2.45) is 17.3 Å². The predicted octanol–water partition coefficient (Wildman–Crippen LogP) is 3.60. The molecule has 3 rings (SSSR count). The third-order valence-corrected chi connectivity index (χ3v) is 8.73. The smallest absolute Gasteiger partial charge is 0.310 e. The Morgan fingerprint density at radius 3 is 2.42 bits per heavy atom. The molecule has 0 aromatic carbocycles. The highest BCUT2D eigenvalue weighted by atomic mass is 79.9. The van der Waals surface area contributed by atoms with Crippen molar-refractivity contribution in [3.8, 4) is 0 Å². The lowest BCUT2D eigenvalue weighted by Gasteiger charge is -2.45. The molecule has 3 fully saturated rings. The summed E-state index contributed by atoms with van der Waals surface area (Å²) in [6, 6.07) is -0.888. The lowest BCUT2D eigenvalue weighted by Crippen LogP contribution is -2.61. The monoisotopic (exact) mass is 570 g/mol. The van der Waals surface area contributed by atoms with Gasteiger partial charge in [-0.15, -0.1) is 6.58 Å². The Hall–Kier alpha value is -1.45. The highest BCUT2D eigenvalue weighted by molar-refractivity contribution is 9.09. The number of hydrogen-bond donors (Lipinski definition) is 2. The standard InChI is InChI=1S/C27H43BrN2O6/c1-7-12-30(26(5,6)16-25(2,3)4)23(33)21-27-15-17(28)20(36-27)18(24(34)35)19(27)22(32)29(21)13-10-8-9-11-14-31/h7,17-21,31H,1,8-16H2,2-6H3,(H,34,35)/t17?,18-,19+,20-,21-,27+/m1/s1. The zero-order valence-electron chi connectivity index (χ0n) is 22.3. The van der Waals surface area contributed by atoms with E-state index in [0.717, 1.165) is 19.3 Å². The molecule has 2 bridgehead atoms. The van der Waals surface area contributed by atoms with Crippen LogP contribution in [0.5, 0.6) is 0 Å². The normalized spacial score (nSPS) is 31.6. The van der Waals surface area contributed by atoms with Crippen LogP contribution in [0.25, 0.3) is 0 Å². The molecule has 3 saturated heterocycles. The van der Waals surface area contributed by atoms with E-state index in [4.69, 9.17) is 9.84 Å². The van der Waals surface area contributed by atoms with E-state index in [1.165, 1.54) is 0 Å². The molecule has 0 aromatic rings. The van der Waals surface area contributed by atoms with Crippen LogP contribution in [0.2, 0.25) is 0 Å². The fourth-order valence-electron chi connectivity index (χ4n) is 6.98. The molecule has 204 valence electrons. The quantitative estimate of drug-likeness (QED) is 0.211. The van der Waals surface area contributed by atoms with Crippen LogP contribution in [0.3, 0.4) is 0 Å². The Kier molecular flexibility index (Phi) is 8.68. The van der Waals surface area contributed by atoms with Crippen LogP contribution in [-0.2, 0) is 19.1 Å². The first-order valence-electron chi connectivity index (χ1n) is 13.1. The van der Waals surface area contributed by atoms with Gasteiger partial charge in [-0.1, -0.05) is 55.6 Å². The summed E-state index contributed by atoms with van der Waals surface area (Å²) in [5, 5.41) is 19.1. The van der Waals surface area contributed by atoms with E-state index in [0.29, 0.717) is 32.4 Å². The molecule has 0 aromatic heterocycles. The molecule has 9 heteroatoms. The number of ether oxygens (including phenoxy) is 1. The Morgan fingerprint density at radius 1 is 1.22 bits per heavy atom. The minimum Gasteiger partial charge on any atom is -0.481 e. The molecule has 0 radical (unpaired) electrons. The van der Waals surface area contributed by atoms with Crippen molar-refractivity contribution < 1.29 is 29.3 Å². The fraction of sp³-hybridized carbons (Fsp3) is 0.815. The Balaban J connectivity index is 2.02. The molecule has 3 heterocycles. The van der Waals surface area contributed by atoms with E-state index in [1.807, 2.05) is 13.8 Å². The maximum Gasteiger partial charge on any atom is 0.310 e. The molecule has 0 saturated carbocycles. The number of carbonyl (C=O) groups excluding carboxylic acids is 2. The largest absolute Gasteiger partial charge is 0.481 e. The van der Waals surface area contributed by atoms with E-state index in [-0.39, 0.29) is 28.7 Å². The summed E-state index contributed by atoms with van der Waals surface area (Å²) >= 11 is 3.60. The van der Waals surface area contributed by atoms with E-state index < -0.39 is 41.1 Å². The van der Waals surface area contributed by atoms with Crippen LogP contribution in [-0.4, -0.2) is 85.6 Å². The predicted molar refractivity (Wildman–Crippen MR) is 141 cm³/mol. The molecule has 3 aliphatic rings. The third-order valence-electron chi connectivity index (χ3n) is 7.89. The highest BCUT2D eigenvalue weighted by Crippen LogP contribution is 2.60. The SMILES string of the molecule is C=CCN(C(=O)[C@H]1N(CCCCCCO)C(=O)[C@@H]2[C@@H](C(=O)O)[C@@H]3O[C@@]21CC3Br)C(C)(C)CC(C)(C)C. The number of carboxylic acid groups (broad SMARTS) is 1. The maximum atomic E-state index is 14.5. The number of carbonyl (C=O) groups is 3. The van der Waals surface area contributed by atoms with Gasteiger partial charge in [0, 0.05) is 30.1 Å². The van der Waals surface area contributed by atoms with Crippen molar-refractivity contribution >= 4 is 33.7 Å². The lowest BCUT2D eigenvalue weighted by atomic mass is 9.70. The summed E-state index contributed by atoms with van der Waals surface area (Å²) in [7, 11) is 0. The number of amides is 2. The van der Waals surface area contributed by atoms with Crippen molar-refractivity contribution in [3.63, 3.8) is 0 Å². The minimum absolute atomic E-state index is 0.0421. The number of nitrogens with zero attached hydrogens (tertiary/aromatic N) is 2. The molecular weight excluding hydrogens is 528 g/mol. The average Bonchev–Trinajstić information content (AvgIpc) is 3.33. The molecule has 8 nitrogen and oxygen atoms in total. The maximum absolute atomic E-state index is 14.5. The van der Waals surface area contributed by atoms with Gasteiger partial charge in [0.25, 0.3) is 0 Å². The number of carboxylic acids is 1. The van der Waals surface area contributed by atoms with Gasteiger partial charge in [-0.25, -0.2) is 0 Å². The highest BCUT2D eigenvalue weighted by Gasteiger charge is 2.77. The van der Waals surface area contributed by atoms with Gasteiger partial charge in [0.05, 0.1) is 17.9 Å². The number of fused-ring (bicyclic) bond motifs is 1. The number of aliphatic hydroxyl groups is 1. The molecule has 36 heavy (non-hydrogen) atoms. The first kappa shape index (κ1) is 29.1. The molecule has 1 spiro atoms. The van der Waals surface area contributed by atoms with E-state index >= 15 is 0 Å². The number of alkyl halides is 1. The second-order valence-electron chi connectivity index (χ2n) is 12.5. The van der Waals surface area contributed by atoms with Crippen LogP contribution < -0.4 is 0 Å². The third kappa shape index (κ3) is 5.25. The molecule has 1 unspecified atom stereocenters. The Morgan fingerprint density at radius 2 is 1.86 bits per heavy atom. The van der Waals surface area contributed by atoms with Gasteiger partial charge < -0.3 is 24.7 Å². The number of hydrogen-bond acceptors (Lipinski definition) is 5. The van der Waals surface area contributed by atoms with E-state index in [9.17, 15) is 19.5 Å². The molecule has 2 amide bonds. The second-order valence-corrected chi connectivity index (χ2v) is 13.6. The van der Waals surface area contributed by atoms with Crippen LogP contribution >= 0.6 is 15.9 Å². The van der Waals surface area contributed by atoms with Gasteiger partial charge in [-0.05, 0) is 44.9 Å². The average molecular weight is 572 g/mol. The number of likely N-dealkylation sites (tertiary alicyclic amines) is 1.